The van der Waals surface area contributed by atoms with Crippen molar-refractivity contribution < 1.29 is 0 Å². The second-order valence-electron chi connectivity index (χ2n) is 4.10. The molecule has 1 saturated heterocycles. The highest BCUT2D eigenvalue weighted by Gasteiger charge is 2.26. The summed E-state index contributed by atoms with van der Waals surface area (Å²) in [5, 5.41) is 3.63. The molecule has 0 radical (unpaired) electrons. The molecule has 3 N–H and O–H groups in total. The molecule has 0 aromatic carbocycles. The first kappa shape index (κ1) is 8.80. The summed E-state index contributed by atoms with van der Waals surface area (Å²) in [6.07, 6.45) is 6.37. The number of hydrogen-bond donors (Lipinski definition) is 3. The van der Waals surface area contributed by atoms with Crippen LogP contribution in [0.2, 0.25) is 0 Å². The molecular formula is C12H15N3. The third-order valence-corrected chi connectivity index (χ3v) is 3.14. The number of nitrogens with one attached hydrogen (secondary N) is 3. The van der Waals surface area contributed by atoms with E-state index in [1.54, 1.807) is 0 Å². The maximum Gasteiger partial charge on any atom is 0.0478 e. The van der Waals surface area contributed by atoms with Crippen LogP contribution in [-0.4, -0.2) is 9.97 Å². The van der Waals surface area contributed by atoms with Gasteiger partial charge in [-0.2, -0.15) is 0 Å². The molecule has 0 amide bonds. The Hall–Kier alpha value is -1.48. The summed E-state index contributed by atoms with van der Waals surface area (Å²) >= 11 is 0. The zero-order valence-corrected chi connectivity index (χ0v) is 8.53. The summed E-state index contributed by atoms with van der Waals surface area (Å²) in [7, 11) is 0. The molecule has 78 valence electrons. The van der Waals surface area contributed by atoms with Crippen LogP contribution in [-0.2, 0) is 0 Å². The second-order valence-corrected chi connectivity index (χ2v) is 4.10. The monoisotopic (exact) mass is 201 g/mol. The van der Waals surface area contributed by atoms with Crippen LogP contribution in [0.25, 0.3) is 0 Å². The van der Waals surface area contributed by atoms with Crippen LogP contribution in [0.1, 0.15) is 36.3 Å². The topological polar surface area (TPSA) is 43.6 Å². The standard InChI is InChI=1S/C12H15N3/c1-3-9(13-7-1)11-5-6-12(15-11)10-4-2-8-14-10/h1-4,7-8,11-15H,5-6H2/t11-,12-/m1/s1. The van der Waals surface area contributed by atoms with Gasteiger partial charge in [0.05, 0.1) is 0 Å². The minimum Gasteiger partial charge on any atom is -0.364 e. The third kappa shape index (κ3) is 1.59. The van der Waals surface area contributed by atoms with E-state index in [2.05, 4.69) is 39.6 Å². The van der Waals surface area contributed by atoms with E-state index in [1.165, 1.54) is 24.2 Å². The molecule has 3 rings (SSSR count). The van der Waals surface area contributed by atoms with Crippen molar-refractivity contribution in [3.05, 3.63) is 48.0 Å². The van der Waals surface area contributed by atoms with Gasteiger partial charge in [-0.25, -0.2) is 0 Å². The van der Waals surface area contributed by atoms with Gasteiger partial charge in [0, 0.05) is 35.9 Å². The molecule has 2 atom stereocenters. The fourth-order valence-corrected chi connectivity index (χ4v) is 2.36. The van der Waals surface area contributed by atoms with Crippen LogP contribution in [0.15, 0.2) is 36.7 Å². The maximum absolute atomic E-state index is 3.63. The average molecular weight is 201 g/mol. The van der Waals surface area contributed by atoms with Gasteiger partial charge in [-0.05, 0) is 37.1 Å². The molecule has 3 heterocycles. The van der Waals surface area contributed by atoms with Crippen molar-refractivity contribution in [2.24, 2.45) is 0 Å². The van der Waals surface area contributed by atoms with E-state index in [1.807, 2.05) is 12.4 Å². The number of hydrogen-bond acceptors (Lipinski definition) is 1. The summed E-state index contributed by atoms with van der Waals surface area (Å²) < 4.78 is 0. The minimum absolute atomic E-state index is 0.480. The highest BCUT2D eigenvalue weighted by Crippen LogP contribution is 2.32. The molecule has 0 bridgehead atoms. The fraction of sp³-hybridized carbons (Fsp3) is 0.333. The van der Waals surface area contributed by atoms with Crippen LogP contribution in [0.3, 0.4) is 0 Å². The molecule has 2 aromatic heterocycles. The fourth-order valence-electron chi connectivity index (χ4n) is 2.36. The molecule has 1 fully saturated rings. The van der Waals surface area contributed by atoms with E-state index in [9.17, 15) is 0 Å². The number of aromatic nitrogens is 2. The molecule has 1 aliphatic rings. The van der Waals surface area contributed by atoms with Crippen molar-refractivity contribution in [2.75, 3.05) is 0 Å². The molecule has 0 unspecified atom stereocenters. The van der Waals surface area contributed by atoms with Crippen LogP contribution in [0, 0.1) is 0 Å². The van der Waals surface area contributed by atoms with Gasteiger partial charge in [0.25, 0.3) is 0 Å². The smallest absolute Gasteiger partial charge is 0.0478 e. The Bertz CT molecular complexity index is 362. The van der Waals surface area contributed by atoms with Crippen molar-refractivity contribution in [1.29, 1.82) is 0 Å². The Morgan fingerprint density at radius 1 is 0.867 bits per heavy atom. The van der Waals surface area contributed by atoms with Crippen LogP contribution in [0.4, 0.5) is 0 Å². The zero-order chi connectivity index (χ0) is 10.1. The van der Waals surface area contributed by atoms with Gasteiger partial charge in [0.2, 0.25) is 0 Å². The molecule has 3 nitrogen and oxygen atoms in total. The quantitative estimate of drug-likeness (QED) is 0.686. The van der Waals surface area contributed by atoms with E-state index >= 15 is 0 Å². The largest absolute Gasteiger partial charge is 0.364 e. The first-order chi connectivity index (χ1) is 7.43. The molecular weight excluding hydrogens is 186 g/mol. The minimum atomic E-state index is 0.480. The first-order valence-electron chi connectivity index (χ1n) is 5.46. The Balaban J connectivity index is 1.74. The van der Waals surface area contributed by atoms with Gasteiger partial charge < -0.3 is 15.3 Å². The van der Waals surface area contributed by atoms with E-state index in [0.29, 0.717) is 12.1 Å². The average Bonchev–Trinajstić information content (AvgIpc) is 3.02. The Kier molecular flexibility index (Phi) is 2.10. The summed E-state index contributed by atoms with van der Waals surface area (Å²) in [6, 6.07) is 9.36. The highest BCUT2D eigenvalue weighted by atomic mass is 15.0. The lowest BCUT2D eigenvalue weighted by Crippen LogP contribution is -2.17. The molecule has 2 aromatic rings. The SMILES string of the molecule is c1c[nH]c([C@H]2CC[C@H](c3ccc[nH]3)N2)c1. The summed E-state index contributed by atoms with van der Waals surface area (Å²) in [6.45, 7) is 0. The van der Waals surface area contributed by atoms with Crippen molar-refractivity contribution >= 4 is 0 Å². The lowest BCUT2D eigenvalue weighted by atomic mass is 10.1. The Morgan fingerprint density at radius 2 is 1.40 bits per heavy atom. The van der Waals surface area contributed by atoms with E-state index < -0.39 is 0 Å². The van der Waals surface area contributed by atoms with Gasteiger partial charge >= 0.3 is 0 Å². The van der Waals surface area contributed by atoms with Crippen LogP contribution >= 0.6 is 0 Å². The van der Waals surface area contributed by atoms with Crippen molar-refractivity contribution in [1.82, 2.24) is 15.3 Å². The zero-order valence-electron chi connectivity index (χ0n) is 8.53. The van der Waals surface area contributed by atoms with Gasteiger partial charge in [-0.15, -0.1) is 0 Å². The molecule has 0 spiro atoms. The van der Waals surface area contributed by atoms with E-state index in [-0.39, 0.29) is 0 Å². The van der Waals surface area contributed by atoms with E-state index in [0.717, 1.165) is 0 Å². The molecule has 0 saturated carbocycles. The Labute approximate surface area is 88.9 Å². The molecule has 3 heteroatoms. The lowest BCUT2D eigenvalue weighted by molar-refractivity contribution is 0.558. The van der Waals surface area contributed by atoms with Gasteiger partial charge in [-0.3, -0.25) is 0 Å². The first-order valence-corrected chi connectivity index (χ1v) is 5.46. The second kappa shape index (κ2) is 3.59. The van der Waals surface area contributed by atoms with Gasteiger partial charge in [0.1, 0.15) is 0 Å². The van der Waals surface area contributed by atoms with Gasteiger partial charge in [0.15, 0.2) is 0 Å². The maximum atomic E-state index is 3.63. The summed E-state index contributed by atoms with van der Waals surface area (Å²) in [4.78, 5) is 6.54. The molecule has 0 aliphatic carbocycles. The van der Waals surface area contributed by atoms with Crippen molar-refractivity contribution in [3.8, 4) is 0 Å². The summed E-state index contributed by atoms with van der Waals surface area (Å²) in [5.41, 5.74) is 2.59. The van der Waals surface area contributed by atoms with Gasteiger partial charge in [-0.1, -0.05) is 0 Å². The number of rotatable bonds is 2. The van der Waals surface area contributed by atoms with E-state index in [4.69, 9.17) is 0 Å². The highest BCUT2D eigenvalue weighted by molar-refractivity contribution is 5.16. The predicted octanol–water partition coefficient (Wildman–Crippen LogP) is 2.51. The third-order valence-electron chi connectivity index (χ3n) is 3.14. The lowest BCUT2D eigenvalue weighted by Gasteiger charge is -2.12. The Morgan fingerprint density at radius 3 is 1.80 bits per heavy atom. The number of aromatic amines is 2. The molecule has 15 heavy (non-hydrogen) atoms. The predicted molar refractivity (Wildman–Crippen MR) is 59.4 cm³/mol. The van der Waals surface area contributed by atoms with Crippen molar-refractivity contribution in [3.63, 3.8) is 0 Å². The van der Waals surface area contributed by atoms with Crippen LogP contribution in [0.5, 0.6) is 0 Å². The normalized spacial score (nSPS) is 25.9. The summed E-state index contributed by atoms with van der Waals surface area (Å²) in [5.74, 6) is 0. The van der Waals surface area contributed by atoms with Crippen LogP contribution < -0.4 is 5.32 Å². The number of H-pyrrole nitrogens is 2. The molecule has 1 aliphatic heterocycles. The van der Waals surface area contributed by atoms with Crippen molar-refractivity contribution in [2.45, 2.75) is 24.9 Å².